The van der Waals surface area contributed by atoms with E-state index in [4.69, 9.17) is 4.74 Å². The van der Waals surface area contributed by atoms with Gasteiger partial charge in [-0.1, -0.05) is 19.1 Å². The van der Waals surface area contributed by atoms with Crippen LogP contribution in [-0.2, 0) is 4.79 Å². The summed E-state index contributed by atoms with van der Waals surface area (Å²) >= 11 is 0. The number of alkyl halides is 1. The van der Waals surface area contributed by atoms with Gasteiger partial charge in [-0.3, -0.25) is 4.79 Å². The van der Waals surface area contributed by atoms with Crippen molar-refractivity contribution in [3.8, 4) is 5.75 Å². The van der Waals surface area contributed by atoms with E-state index in [-0.39, 0.29) is 11.9 Å². The summed E-state index contributed by atoms with van der Waals surface area (Å²) in [7, 11) is 0. The van der Waals surface area contributed by atoms with Gasteiger partial charge in [-0.2, -0.15) is 4.39 Å². The molecule has 0 radical (unpaired) electrons. The number of hydrogen-bond acceptors (Lipinski definition) is 2. The topological polar surface area (TPSA) is 38.3 Å². The van der Waals surface area contributed by atoms with Crippen LogP contribution in [0, 0.1) is 0 Å². The molecule has 0 aliphatic heterocycles. The molecular weight excluding hydrogens is 233 g/mol. The fourth-order valence-electron chi connectivity index (χ4n) is 1.53. The van der Waals surface area contributed by atoms with E-state index in [1.54, 1.807) is 12.1 Å². The third-order valence-electron chi connectivity index (χ3n) is 2.44. The molecule has 100 valence electrons. The molecule has 1 aromatic carbocycles. The maximum Gasteiger partial charge on any atom is 0.242 e. The molecule has 0 aliphatic rings. The Bertz CT molecular complexity index is 395. The maximum atomic E-state index is 13.3. The average Bonchev–Trinajstić information content (AvgIpc) is 2.27. The number of nitrogens with one attached hydrogen (secondary N) is 1. The normalized spacial score (nSPS) is 12.9. The Morgan fingerprint density at radius 3 is 2.39 bits per heavy atom. The molecule has 3 nitrogen and oxygen atoms in total. The Hall–Kier alpha value is -1.58. The Labute approximate surface area is 107 Å². The zero-order valence-electron chi connectivity index (χ0n) is 11.3. The predicted molar refractivity (Wildman–Crippen MR) is 69.1 cm³/mol. The fourth-order valence-corrected chi connectivity index (χ4v) is 1.53. The first-order valence-electron chi connectivity index (χ1n) is 6.09. The van der Waals surface area contributed by atoms with Crippen LogP contribution >= 0.6 is 0 Å². The summed E-state index contributed by atoms with van der Waals surface area (Å²) in [6.07, 6.45) is 0.460. The molecule has 0 saturated heterocycles. The van der Waals surface area contributed by atoms with Gasteiger partial charge in [-0.15, -0.1) is 0 Å². The fraction of sp³-hybridized carbons (Fsp3) is 0.500. The molecule has 0 heterocycles. The largest absolute Gasteiger partial charge is 0.459 e. The van der Waals surface area contributed by atoms with Gasteiger partial charge in [0.2, 0.25) is 11.8 Å². The van der Waals surface area contributed by atoms with Crippen molar-refractivity contribution >= 4 is 5.91 Å². The van der Waals surface area contributed by atoms with Gasteiger partial charge in [-0.25, -0.2) is 0 Å². The number of amides is 1. The lowest BCUT2D eigenvalue weighted by molar-refractivity contribution is -0.121. The first kappa shape index (κ1) is 14.5. The summed E-state index contributed by atoms with van der Waals surface area (Å²) in [5.41, 5.74) is 0.959. The van der Waals surface area contributed by atoms with E-state index in [0.29, 0.717) is 12.2 Å². The lowest BCUT2D eigenvalue weighted by Crippen LogP contribution is -2.25. The van der Waals surface area contributed by atoms with E-state index >= 15 is 0 Å². The molecule has 1 aromatic rings. The van der Waals surface area contributed by atoms with Crippen LogP contribution < -0.4 is 10.1 Å². The van der Waals surface area contributed by atoms with E-state index in [0.717, 1.165) is 5.56 Å². The van der Waals surface area contributed by atoms with Crippen molar-refractivity contribution in [2.45, 2.75) is 46.0 Å². The minimum absolute atomic E-state index is 0.00715. The molecule has 0 aromatic heterocycles. The lowest BCUT2D eigenvalue weighted by atomic mass is 10.1. The number of halogens is 1. The monoisotopic (exact) mass is 253 g/mol. The van der Waals surface area contributed by atoms with Crippen LogP contribution in [0.2, 0.25) is 0 Å². The highest BCUT2D eigenvalue weighted by molar-refractivity contribution is 5.75. The first-order chi connectivity index (χ1) is 8.31. The molecule has 4 heteroatoms. The summed E-state index contributed by atoms with van der Waals surface area (Å²) in [5, 5.41) is 2.86. The zero-order valence-corrected chi connectivity index (χ0v) is 11.3. The Morgan fingerprint density at radius 1 is 1.39 bits per heavy atom. The van der Waals surface area contributed by atoms with Gasteiger partial charge >= 0.3 is 0 Å². The Morgan fingerprint density at radius 2 is 1.94 bits per heavy atom. The van der Waals surface area contributed by atoms with Gasteiger partial charge in [0, 0.05) is 20.3 Å². The third kappa shape index (κ3) is 4.73. The van der Waals surface area contributed by atoms with Gasteiger partial charge in [0.05, 0.1) is 6.04 Å². The number of hydrogen-bond donors (Lipinski definition) is 1. The minimum atomic E-state index is -1.69. The van der Waals surface area contributed by atoms with Gasteiger partial charge in [0.1, 0.15) is 5.75 Å². The molecule has 1 unspecified atom stereocenters. The third-order valence-corrected chi connectivity index (χ3v) is 2.44. The van der Waals surface area contributed by atoms with E-state index in [1.165, 1.54) is 13.8 Å². The highest BCUT2D eigenvalue weighted by Crippen LogP contribution is 2.22. The summed E-state index contributed by atoms with van der Waals surface area (Å²) in [4.78, 5) is 11.3. The van der Waals surface area contributed by atoms with Crippen molar-refractivity contribution in [3.63, 3.8) is 0 Å². The van der Waals surface area contributed by atoms with Crippen LogP contribution in [0.25, 0.3) is 0 Å². The highest BCUT2D eigenvalue weighted by Gasteiger charge is 2.17. The SMILES string of the molecule is CCC(=O)NC(C)c1ccc(OC(C)(C)F)cc1. The van der Waals surface area contributed by atoms with Gasteiger partial charge < -0.3 is 10.1 Å². The van der Waals surface area contributed by atoms with Crippen molar-refractivity contribution in [3.05, 3.63) is 29.8 Å². The number of ether oxygens (including phenoxy) is 1. The summed E-state index contributed by atoms with van der Waals surface area (Å²) < 4.78 is 18.4. The van der Waals surface area contributed by atoms with Gasteiger partial charge in [-0.05, 0) is 24.6 Å². The predicted octanol–water partition coefficient (Wildman–Crippen LogP) is 3.36. The molecule has 1 rings (SSSR count). The summed E-state index contributed by atoms with van der Waals surface area (Å²) in [6.45, 7) is 6.42. The lowest BCUT2D eigenvalue weighted by Gasteiger charge is -2.18. The molecule has 18 heavy (non-hydrogen) atoms. The molecule has 1 atom stereocenters. The van der Waals surface area contributed by atoms with Crippen molar-refractivity contribution in [2.24, 2.45) is 0 Å². The number of carbonyl (C=O) groups excluding carboxylic acids is 1. The smallest absolute Gasteiger partial charge is 0.242 e. The first-order valence-corrected chi connectivity index (χ1v) is 6.09. The standard InChI is InChI=1S/C14H20FNO2/c1-5-13(17)16-10(2)11-6-8-12(9-7-11)18-14(3,4)15/h6-10H,5H2,1-4H3,(H,16,17). The van der Waals surface area contributed by atoms with Crippen LogP contribution in [0.15, 0.2) is 24.3 Å². The van der Waals surface area contributed by atoms with Crippen molar-refractivity contribution in [2.75, 3.05) is 0 Å². The van der Waals surface area contributed by atoms with Crippen LogP contribution in [0.4, 0.5) is 4.39 Å². The Kier molecular flexibility index (Phi) is 4.70. The van der Waals surface area contributed by atoms with Crippen LogP contribution in [0.3, 0.4) is 0 Å². The number of benzene rings is 1. The van der Waals surface area contributed by atoms with Crippen molar-refractivity contribution in [1.82, 2.24) is 5.32 Å². The number of rotatable bonds is 5. The molecule has 0 spiro atoms. The van der Waals surface area contributed by atoms with E-state index in [9.17, 15) is 9.18 Å². The molecular formula is C14H20FNO2. The Balaban J connectivity index is 2.67. The minimum Gasteiger partial charge on any atom is -0.459 e. The second-order valence-corrected chi connectivity index (χ2v) is 4.68. The molecule has 0 bridgehead atoms. The van der Waals surface area contributed by atoms with E-state index in [2.05, 4.69) is 5.32 Å². The molecule has 0 saturated carbocycles. The van der Waals surface area contributed by atoms with Gasteiger partial charge in [0.15, 0.2) is 0 Å². The molecule has 0 aliphatic carbocycles. The highest BCUT2D eigenvalue weighted by atomic mass is 19.2. The molecule has 1 amide bonds. The summed E-state index contributed by atoms with van der Waals surface area (Å²) in [6, 6.07) is 6.98. The summed E-state index contributed by atoms with van der Waals surface area (Å²) in [5.74, 6) is -1.21. The molecule has 0 fully saturated rings. The average molecular weight is 253 g/mol. The quantitative estimate of drug-likeness (QED) is 0.873. The maximum absolute atomic E-state index is 13.3. The zero-order chi connectivity index (χ0) is 13.8. The number of carbonyl (C=O) groups is 1. The van der Waals surface area contributed by atoms with Crippen LogP contribution in [0.1, 0.15) is 45.7 Å². The molecule has 1 N–H and O–H groups in total. The second kappa shape index (κ2) is 5.85. The van der Waals surface area contributed by atoms with Crippen molar-refractivity contribution < 1.29 is 13.9 Å². The van der Waals surface area contributed by atoms with E-state index in [1.807, 2.05) is 26.0 Å². The van der Waals surface area contributed by atoms with Gasteiger partial charge in [0.25, 0.3) is 0 Å². The second-order valence-electron chi connectivity index (χ2n) is 4.68. The van der Waals surface area contributed by atoms with E-state index < -0.39 is 5.85 Å². The van der Waals surface area contributed by atoms with Crippen molar-refractivity contribution in [1.29, 1.82) is 0 Å². The van der Waals surface area contributed by atoms with Crippen LogP contribution in [0.5, 0.6) is 5.75 Å². The van der Waals surface area contributed by atoms with Crippen LogP contribution in [-0.4, -0.2) is 11.8 Å².